The second kappa shape index (κ2) is 6.09. The molecular weight excluding hydrogens is 350 g/mol. The van der Waals surface area contributed by atoms with Gasteiger partial charge in [0, 0.05) is 35.8 Å². The first-order valence-electron chi connectivity index (χ1n) is 3.23. The maximum absolute atomic E-state index is 10.5. The Morgan fingerprint density at radius 2 is 1.19 bits per heavy atom. The van der Waals surface area contributed by atoms with Crippen molar-refractivity contribution in [2.45, 2.75) is 9.79 Å². The molecule has 6 nitrogen and oxygen atoms in total. The van der Waals surface area contributed by atoms with Gasteiger partial charge in [-0.25, -0.2) is 16.8 Å². The van der Waals surface area contributed by atoms with Crippen LogP contribution in [-0.2, 0) is 53.2 Å². The van der Waals surface area contributed by atoms with Crippen LogP contribution in [0.2, 0.25) is 0 Å². The van der Waals surface area contributed by atoms with Gasteiger partial charge in [0.25, 0.3) is 0 Å². The van der Waals surface area contributed by atoms with E-state index in [4.69, 9.17) is 0 Å². The van der Waals surface area contributed by atoms with Crippen LogP contribution in [0.15, 0.2) is 34.1 Å². The molecule has 0 saturated carbocycles. The number of benzene rings is 1. The van der Waals surface area contributed by atoms with Crippen LogP contribution in [0.4, 0.5) is 0 Å². The first kappa shape index (κ1) is 18.4. The minimum Gasteiger partial charge on any atom is -0.744 e. The standard InChI is InChI=1S/C6H6O6S2.2Ni.2H2/c7-13(8,9)5-2-1-3-6(4-5)14(10,11)12;;;;/h1-4H,(H,7,8,9)(H,10,11,12);;;2*1H/p-2. The van der Waals surface area contributed by atoms with E-state index in [1.165, 1.54) is 0 Å². The Labute approximate surface area is 116 Å². The van der Waals surface area contributed by atoms with Crippen molar-refractivity contribution < 1.29 is 61.8 Å². The molecule has 0 aliphatic heterocycles. The van der Waals surface area contributed by atoms with E-state index in [0.717, 1.165) is 18.2 Å². The second-order valence-corrected chi connectivity index (χ2v) is 5.14. The van der Waals surface area contributed by atoms with E-state index in [-0.39, 0.29) is 35.8 Å². The Hall–Kier alpha value is 0.0270. The molecule has 0 spiro atoms. The molecule has 0 unspecified atom stereocenters. The van der Waals surface area contributed by atoms with Crippen molar-refractivity contribution in [3.8, 4) is 0 Å². The minimum atomic E-state index is -4.74. The Balaban J connectivity index is -0.000000245. The molecule has 0 amide bonds. The molecule has 1 rings (SSSR count). The van der Waals surface area contributed by atoms with Crippen molar-refractivity contribution in [1.82, 2.24) is 0 Å². The average molecular weight is 358 g/mol. The van der Waals surface area contributed by atoms with Crippen LogP contribution >= 0.6 is 0 Å². The Morgan fingerprint density at radius 3 is 1.44 bits per heavy atom. The Kier molecular flexibility index (Phi) is 7.01. The first-order chi connectivity index (χ1) is 6.21. The summed E-state index contributed by atoms with van der Waals surface area (Å²) >= 11 is 0. The molecule has 102 valence electrons. The summed E-state index contributed by atoms with van der Waals surface area (Å²) in [5.41, 5.74) is 0. The fourth-order valence-electron chi connectivity index (χ4n) is 0.785. The molecule has 0 aliphatic rings. The maximum Gasteiger partial charge on any atom is 0.124 e. The third-order valence-electron chi connectivity index (χ3n) is 1.38. The average Bonchev–Trinajstić information content (AvgIpc) is 2.01. The van der Waals surface area contributed by atoms with Gasteiger partial charge < -0.3 is 9.11 Å². The SMILES string of the molecule is O=S(=O)([O-])c1cccc(S(=O)(=O)[O-])c1.[HH].[HH].[Ni].[Ni]. The van der Waals surface area contributed by atoms with E-state index in [1.807, 2.05) is 0 Å². The van der Waals surface area contributed by atoms with Crippen LogP contribution in [-0.4, -0.2) is 25.9 Å². The number of hydrogen-bond acceptors (Lipinski definition) is 6. The van der Waals surface area contributed by atoms with Crippen LogP contribution in [0.1, 0.15) is 2.85 Å². The minimum absolute atomic E-state index is 0. The van der Waals surface area contributed by atoms with Crippen LogP contribution < -0.4 is 0 Å². The van der Waals surface area contributed by atoms with E-state index in [1.54, 1.807) is 0 Å². The van der Waals surface area contributed by atoms with Crippen molar-refractivity contribution >= 4 is 20.2 Å². The van der Waals surface area contributed by atoms with Crippen LogP contribution in [0.5, 0.6) is 0 Å². The summed E-state index contributed by atoms with van der Waals surface area (Å²) in [5.74, 6) is 0. The van der Waals surface area contributed by atoms with Gasteiger partial charge in [0.15, 0.2) is 0 Å². The van der Waals surface area contributed by atoms with Gasteiger partial charge in [-0.2, -0.15) is 0 Å². The largest absolute Gasteiger partial charge is 0.744 e. The summed E-state index contributed by atoms with van der Waals surface area (Å²) in [5, 5.41) is 0. The molecule has 16 heavy (non-hydrogen) atoms. The third-order valence-corrected chi connectivity index (χ3v) is 3.05. The van der Waals surface area contributed by atoms with Gasteiger partial charge >= 0.3 is 0 Å². The molecule has 0 fully saturated rings. The predicted octanol–water partition coefficient (Wildman–Crippen LogP) is -0.0182. The second-order valence-electron chi connectivity index (χ2n) is 2.38. The molecule has 0 aromatic heterocycles. The predicted molar refractivity (Wildman–Crippen MR) is 46.6 cm³/mol. The van der Waals surface area contributed by atoms with E-state index >= 15 is 0 Å². The third kappa shape index (κ3) is 4.91. The van der Waals surface area contributed by atoms with Gasteiger partial charge in [0.05, 0.1) is 9.79 Å². The van der Waals surface area contributed by atoms with Crippen LogP contribution in [0.3, 0.4) is 0 Å². The van der Waals surface area contributed by atoms with Crippen molar-refractivity contribution in [3.05, 3.63) is 24.3 Å². The number of rotatable bonds is 2. The van der Waals surface area contributed by atoms with Crippen molar-refractivity contribution in [1.29, 1.82) is 0 Å². The van der Waals surface area contributed by atoms with Crippen LogP contribution in [0, 0.1) is 0 Å². The summed E-state index contributed by atoms with van der Waals surface area (Å²) < 4.78 is 62.8. The van der Waals surface area contributed by atoms with E-state index in [9.17, 15) is 25.9 Å². The van der Waals surface area contributed by atoms with Gasteiger partial charge in [-0.05, 0) is 18.2 Å². The molecule has 0 N–H and O–H groups in total. The van der Waals surface area contributed by atoms with Gasteiger partial charge in [-0.15, -0.1) is 0 Å². The van der Waals surface area contributed by atoms with Crippen LogP contribution in [0.25, 0.3) is 0 Å². The van der Waals surface area contributed by atoms with Gasteiger partial charge in [-0.3, -0.25) is 0 Å². The molecular formula is C6H8Ni2O6S2-2. The van der Waals surface area contributed by atoms with Crippen molar-refractivity contribution in [2.75, 3.05) is 0 Å². The molecule has 0 aliphatic carbocycles. The zero-order chi connectivity index (χ0) is 11.0. The van der Waals surface area contributed by atoms with E-state index in [2.05, 4.69) is 0 Å². The summed E-state index contributed by atoms with van der Waals surface area (Å²) in [6, 6.07) is 3.37. The van der Waals surface area contributed by atoms with E-state index < -0.39 is 30.0 Å². The molecule has 1 aromatic carbocycles. The first-order valence-corrected chi connectivity index (χ1v) is 6.05. The number of hydrogen-bond donors (Lipinski definition) is 0. The fraction of sp³-hybridized carbons (Fsp3) is 0. The molecule has 0 radical (unpaired) electrons. The molecule has 1 aromatic rings. The Morgan fingerprint density at radius 1 is 0.875 bits per heavy atom. The molecule has 0 saturated heterocycles. The molecule has 0 atom stereocenters. The zero-order valence-electron chi connectivity index (χ0n) is 7.21. The molecule has 0 bridgehead atoms. The van der Waals surface area contributed by atoms with Gasteiger partial charge in [0.2, 0.25) is 0 Å². The summed E-state index contributed by atoms with van der Waals surface area (Å²) in [6.45, 7) is 0. The van der Waals surface area contributed by atoms with E-state index in [0.29, 0.717) is 6.07 Å². The zero-order valence-corrected chi connectivity index (χ0v) is 10.8. The fourth-order valence-corrected chi connectivity index (χ4v) is 1.89. The van der Waals surface area contributed by atoms with Crippen molar-refractivity contribution in [2.24, 2.45) is 0 Å². The smallest absolute Gasteiger partial charge is 0.124 e. The van der Waals surface area contributed by atoms with Crippen molar-refractivity contribution in [3.63, 3.8) is 0 Å². The maximum atomic E-state index is 10.5. The summed E-state index contributed by atoms with van der Waals surface area (Å²) in [6.07, 6.45) is 0. The summed E-state index contributed by atoms with van der Waals surface area (Å²) in [7, 11) is -9.48. The monoisotopic (exact) mass is 356 g/mol. The topological polar surface area (TPSA) is 114 Å². The molecule has 10 heteroatoms. The summed E-state index contributed by atoms with van der Waals surface area (Å²) in [4.78, 5) is -1.48. The van der Waals surface area contributed by atoms with Gasteiger partial charge in [0.1, 0.15) is 20.2 Å². The quantitative estimate of drug-likeness (QED) is 0.543. The molecule has 0 heterocycles. The normalized spacial score (nSPS) is 11.1. The Bertz CT molecular complexity index is 512. The van der Waals surface area contributed by atoms with Gasteiger partial charge in [-0.1, -0.05) is 6.07 Å².